The average molecular weight is 331 g/mol. The molecule has 2 aromatic carbocycles. The van der Waals surface area contributed by atoms with Gasteiger partial charge >= 0.3 is 0 Å². The van der Waals surface area contributed by atoms with Crippen molar-refractivity contribution < 1.29 is 4.39 Å². The number of halogens is 2. The molecule has 2 nitrogen and oxygen atoms in total. The van der Waals surface area contributed by atoms with Gasteiger partial charge in [0.2, 0.25) is 0 Å². The standard InChI is InChI=1S/C19H19FN2.ClH/c20-15-9-7-14(8-10-15)12-22-11-3-6-19-17(13-22)16-4-1-2-5-18(16)21-19;/h1-2,4-5,7-10,21H,3,6,11-13H2;1H. The molecule has 0 saturated heterocycles. The van der Waals surface area contributed by atoms with Crippen LogP contribution in [0.5, 0.6) is 0 Å². The molecule has 0 unspecified atom stereocenters. The lowest BCUT2D eigenvalue weighted by Crippen LogP contribution is -2.22. The van der Waals surface area contributed by atoms with E-state index in [1.54, 1.807) is 12.1 Å². The number of aromatic amines is 1. The van der Waals surface area contributed by atoms with Gasteiger partial charge in [0.15, 0.2) is 0 Å². The summed E-state index contributed by atoms with van der Waals surface area (Å²) >= 11 is 0. The predicted octanol–water partition coefficient (Wildman–Crippen LogP) is 4.68. The fraction of sp³-hybridized carbons (Fsp3) is 0.263. The summed E-state index contributed by atoms with van der Waals surface area (Å²) in [5.41, 5.74) is 5.21. The van der Waals surface area contributed by atoms with Gasteiger partial charge in [0.05, 0.1) is 0 Å². The summed E-state index contributed by atoms with van der Waals surface area (Å²) in [6.07, 6.45) is 2.25. The van der Waals surface area contributed by atoms with Gasteiger partial charge in [0.1, 0.15) is 5.82 Å². The fourth-order valence-electron chi connectivity index (χ4n) is 3.41. The van der Waals surface area contributed by atoms with Gasteiger partial charge < -0.3 is 4.98 Å². The largest absolute Gasteiger partial charge is 0.358 e. The first-order chi connectivity index (χ1) is 10.8. The molecule has 23 heavy (non-hydrogen) atoms. The highest BCUT2D eigenvalue weighted by Crippen LogP contribution is 2.27. The number of rotatable bonds is 2. The molecule has 3 aromatic rings. The molecule has 0 fully saturated rings. The molecule has 2 heterocycles. The summed E-state index contributed by atoms with van der Waals surface area (Å²) in [6, 6.07) is 15.4. The lowest BCUT2D eigenvalue weighted by atomic mass is 10.1. The number of fused-ring (bicyclic) bond motifs is 3. The normalized spacial score (nSPS) is 15.0. The first-order valence-corrected chi connectivity index (χ1v) is 7.85. The van der Waals surface area contributed by atoms with Crippen LogP contribution in [0.25, 0.3) is 10.9 Å². The molecule has 0 bridgehead atoms. The number of nitrogens with zero attached hydrogens (tertiary/aromatic N) is 1. The number of nitrogens with one attached hydrogen (secondary N) is 1. The second-order valence-corrected chi connectivity index (χ2v) is 6.07. The molecule has 0 aliphatic carbocycles. The van der Waals surface area contributed by atoms with Gasteiger partial charge in [-0.25, -0.2) is 4.39 Å². The van der Waals surface area contributed by atoms with Crippen LogP contribution in [-0.4, -0.2) is 16.4 Å². The van der Waals surface area contributed by atoms with Crippen molar-refractivity contribution >= 4 is 23.3 Å². The predicted molar refractivity (Wildman–Crippen MR) is 94.4 cm³/mol. The minimum Gasteiger partial charge on any atom is -0.358 e. The van der Waals surface area contributed by atoms with Gasteiger partial charge in [0, 0.05) is 29.7 Å². The van der Waals surface area contributed by atoms with Crippen molar-refractivity contribution in [3.05, 3.63) is 71.2 Å². The van der Waals surface area contributed by atoms with E-state index in [9.17, 15) is 4.39 Å². The minimum atomic E-state index is -0.168. The Kier molecular flexibility index (Phi) is 4.69. The summed E-state index contributed by atoms with van der Waals surface area (Å²) in [5, 5.41) is 1.34. The average Bonchev–Trinajstić information content (AvgIpc) is 2.75. The Labute approximate surface area is 141 Å². The number of hydrogen-bond acceptors (Lipinski definition) is 1. The minimum absolute atomic E-state index is 0. The fourth-order valence-corrected chi connectivity index (χ4v) is 3.41. The van der Waals surface area contributed by atoms with Gasteiger partial charge in [-0.1, -0.05) is 30.3 Å². The van der Waals surface area contributed by atoms with Crippen LogP contribution < -0.4 is 0 Å². The number of H-pyrrole nitrogens is 1. The van der Waals surface area contributed by atoms with Crippen LogP contribution in [0.1, 0.15) is 23.2 Å². The van der Waals surface area contributed by atoms with Crippen molar-refractivity contribution in [2.24, 2.45) is 0 Å². The molecular formula is C19H20ClFN2. The van der Waals surface area contributed by atoms with Crippen molar-refractivity contribution in [3.8, 4) is 0 Å². The third-order valence-electron chi connectivity index (χ3n) is 4.50. The Bertz CT molecular complexity index is 795. The van der Waals surface area contributed by atoms with E-state index in [1.807, 2.05) is 12.1 Å². The Morgan fingerprint density at radius 3 is 2.65 bits per heavy atom. The quantitative estimate of drug-likeness (QED) is 0.723. The molecule has 0 atom stereocenters. The third-order valence-corrected chi connectivity index (χ3v) is 4.50. The second-order valence-electron chi connectivity index (χ2n) is 6.07. The number of para-hydroxylation sites is 1. The van der Waals surface area contributed by atoms with Crippen LogP contribution >= 0.6 is 12.4 Å². The lowest BCUT2D eigenvalue weighted by molar-refractivity contribution is 0.262. The Morgan fingerprint density at radius 1 is 1.04 bits per heavy atom. The van der Waals surface area contributed by atoms with Gasteiger partial charge in [-0.15, -0.1) is 12.4 Å². The molecule has 0 amide bonds. The SMILES string of the molecule is Cl.Fc1ccc(CN2CCCc3[nH]c4ccccc4c3C2)cc1. The highest BCUT2D eigenvalue weighted by molar-refractivity contribution is 5.85. The zero-order chi connectivity index (χ0) is 14.9. The molecule has 120 valence electrons. The molecule has 1 aromatic heterocycles. The van der Waals surface area contributed by atoms with Gasteiger partial charge in [-0.2, -0.15) is 0 Å². The van der Waals surface area contributed by atoms with E-state index >= 15 is 0 Å². The highest BCUT2D eigenvalue weighted by atomic mass is 35.5. The van der Waals surface area contributed by atoms with Crippen LogP contribution in [0.3, 0.4) is 0 Å². The van der Waals surface area contributed by atoms with Gasteiger partial charge in [-0.05, 0) is 48.7 Å². The van der Waals surface area contributed by atoms with E-state index < -0.39 is 0 Å². The van der Waals surface area contributed by atoms with E-state index in [1.165, 1.54) is 27.7 Å². The van der Waals surface area contributed by atoms with Gasteiger partial charge in [-0.3, -0.25) is 4.90 Å². The topological polar surface area (TPSA) is 19.0 Å². The lowest BCUT2D eigenvalue weighted by Gasteiger charge is -2.20. The van der Waals surface area contributed by atoms with E-state index in [4.69, 9.17) is 0 Å². The van der Waals surface area contributed by atoms with Crippen molar-refractivity contribution in [1.29, 1.82) is 0 Å². The summed E-state index contributed by atoms with van der Waals surface area (Å²) in [6.45, 7) is 2.91. The van der Waals surface area contributed by atoms with Crippen LogP contribution in [0.4, 0.5) is 4.39 Å². The number of aryl methyl sites for hydroxylation is 1. The van der Waals surface area contributed by atoms with E-state index in [2.05, 4.69) is 34.1 Å². The Balaban J connectivity index is 0.00000156. The van der Waals surface area contributed by atoms with Crippen LogP contribution in [-0.2, 0) is 19.5 Å². The van der Waals surface area contributed by atoms with Crippen LogP contribution in [0, 0.1) is 5.82 Å². The Morgan fingerprint density at radius 2 is 1.83 bits per heavy atom. The first kappa shape index (κ1) is 16.0. The summed E-state index contributed by atoms with van der Waals surface area (Å²) in [5.74, 6) is -0.168. The monoisotopic (exact) mass is 330 g/mol. The maximum absolute atomic E-state index is 13.0. The van der Waals surface area contributed by atoms with Gasteiger partial charge in [0.25, 0.3) is 0 Å². The van der Waals surface area contributed by atoms with Crippen LogP contribution in [0.15, 0.2) is 48.5 Å². The summed E-state index contributed by atoms with van der Waals surface area (Å²) in [4.78, 5) is 6.03. The molecule has 1 aliphatic rings. The molecule has 0 saturated carbocycles. The highest BCUT2D eigenvalue weighted by Gasteiger charge is 2.18. The number of hydrogen-bond donors (Lipinski definition) is 1. The van der Waals surface area contributed by atoms with E-state index in [0.29, 0.717) is 0 Å². The zero-order valence-corrected chi connectivity index (χ0v) is 13.7. The van der Waals surface area contributed by atoms with Crippen molar-refractivity contribution in [3.63, 3.8) is 0 Å². The van der Waals surface area contributed by atoms with Crippen molar-refractivity contribution in [1.82, 2.24) is 9.88 Å². The third kappa shape index (κ3) is 3.26. The van der Waals surface area contributed by atoms with E-state index in [0.717, 1.165) is 32.5 Å². The number of benzene rings is 2. The first-order valence-electron chi connectivity index (χ1n) is 7.85. The summed E-state index contributed by atoms with van der Waals surface area (Å²) in [7, 11) is 0. The Hall–Kier alpha value is -1.84. The maximum Gasteiger partial charge on any atom is 0.123 e. The van der Waals surface area contributed by atoms with Crippen molar-refractivity contribution in [2.45, 2.75) is 25.9 Å². The molecule has 0 radical (unpaired) electrons. The van der Waals surface area contributed by atoms with Crippen molar-refractivity contribution in [2.75, 3.05) is 6.54 Å². The molecule has 0 spiro atoms. The van der Waals surface area contributed by atoms with E-state index in [-0.39, 0.29) is 18.2 Å². The molecule has 1 aliphatic heterocycles. The number of aromatic nitrogens is 1. The van der Waals surface area contributed by atoms with Crippen LogP contribution in [0.2, 0.25) is 0 Å². The smallest absolute Gasteiger partial charge is 0.123 e. The molecule has 1 N–H and O–H groups in total. The molecular weight excluding hydrogens is 311 g/mol. The zero-order valence-electron chi connectivity index (χ0n) is 12.9. The maximum atomic E-state index is 13.0. The molecule has 4 heteroatoms. The summed E-state index contributed by atoms with van der Waals surface area (Å²) < 4.78 is 13.0. The second kappa shape index (κ2) is 6.73. The molecule has 4 rings (SSSR count).